The van der Waals surface area contributed by atoms with E-state index >= 15 is 0 Å². The molecule has 0 saturated carbocycles. The van der Waals surface area contributed by atoms with E-state index in [2.05, 4.69) is 43.0 Å². The van der Waals surface area contributed by atoms with Crippen molar-refractivity contribution in [3.05, 3.63) is 41.3 Å². The van der Waals surface area contributed by atoms with Gasteiger partial charge in [-0.2, -0.15) is 0 Å². The zero-order valence-electron chi connectivity index (χ0n) is 10.4. The summed E-state index contributed by atoms with van der Waals surface area (Å²) < 4.78 is 0. The number of aliphatic hydroxyl groups is 1. The summed E-state index contributed by atoms with van der Waals surface area (Å²) in [7, 11) is -0.650. The summed E-state index contributed by atoms with van der Waals surface area (Å²) in [4.78, 5) is 2.60. The highest BCUT2D eigenvalue weighted by molar-refractivity contribution is 8.32. The first-order valence-electron chi connectivity index (χ1n) is 5.48. The van der Waals surface area contributed by atoms with Crippen molar-refractivity contribution in [2.45, 2.75) is 11.5 Å². The molecular weight excluding hydrogens is 248 g/mol. The maximum Gasteiger partial charge on any atom is 0.0696 e. The molecule has 3 heteroatoms. The summed E-state index contributed by atoms with van der Waals surface area (Å²) >= 11 is 1.69. The predicted molar refractivity (Wildman–Crippen MR) is 79.3 cm³/mol. The lowest BCUT2D eigenvalue weighted by Gasteiger charge is -2.25. The molecule has 2 aromatic rings. The summed E-state index contributed by atoms with van der Waals surface area (Å²) in [6.07, 6.45) is 6.89. The molecule has 1 heterocycles. The van der Waals surface area contributed by atoms with Crippen LogP contribution in [0, 0.1) is 0 Å². The van der Waals surface area contributed by atoms with E-state index in [0.29, 0.717) is 0 Å². The molecule has 0 spiro atoms. The van der Waals surface area contributed by atoms with Crippen molar-refractivity contribution in [2.75, 3.05) is 18.8 Å². The third-order valence-corrected chi connectivity index (χ3v) is 5.43. The van der Waals surface area contributed by atoms with Crippen LogP contribution in [0.2, 0.25) is 0 Å². The van der Waals surface area contributed by atoms with Crippen LogP contribution in [0.15, 0.2) is 40.6 Å². The molecule has 1 aromatic heterocycles. The van der Waals surface area contributed by atoms with E-state index in [-0.39, 0.29) is 6.61 Å². The predicted octanol–water partition coefficient (Wildman–Crippen LogP) is 3.96. The van der Waals surface area contributed by atoms with E-state index in [0.717, 1.165) is 5.56 Å². The van der Waals surface area contributed by atoms with Crippen molar-refractivity contribution >= 4 is 21.4 Å². The van der Waals surface area contributed by atoms with E-state index in [1.54, 1.807) is 11.3 Å². The Labute approximate surface area is 108 Å². The second-order valence-corrected chi connectivity index (χ2v) is 9.86. The number of thiophene rings is 1. The summed E-state index contributed by atoms with van der Waals surface area (Å²) in [5.74, 6) is 0. The van der Waals surface area contributed by atoms with Gasteiger partial charge in [-0.1, -0.05) is 12.1 Å². The average Bonchev–Trinajstić information content (AvgIpc) is 2.76. The van der Waals surface area contributed by atoms with Crippen LogP contribution in [0.1, 0.15) is 5.56 Å². The Morgan fingerprint density at radius 1 is 1.06 bits per heavy atom. The molecule has 0 aliphatic heterocycles. The van der Waals surface area contributed by atoms with Crippen LogP contribution in [0.25, 0.3) is 10.4 Å². The number of rotatable bonds is 3. The van der Waals surface area contributed by atoms with Crippen molar-refractivity contribution in [1.82, 2.24) is 0 Å². The van der Waals surface area contributed by atoms with Crippen molar-refractivity contribution < 1.29 is 5.11 Å². The molecule has 0 bridgehead atoms. The smallest absolute Gasteiger partial charge is 0.0696 e. The van der Waals surface area contributed by atoms with Crippen molar-refractivity contribution in [1.29, 1.82) is 0 Å². The summed E-state index contributed by atoms with van der Waals surface area (Å²) in [6, 6.07) is 10.7. The Bertz CT molecular complexity index is 492. The SMILES string of the molecule is CS(C)(C)c1ccc(-c2sccc2CO)cc1. The minimum atomic E-state index is -0.650. The molecular formula is C14H18OS2. The fourth-order valence-electron chi connectivity index (χ4n) is 1.73. The first kappa shape index (κ1) is 12.7. The van der Waals surface area contributed by atoms with Gasteiger partial charge in [-0.05, 0) is 58.4 Å². The summed E-state index contributed by atoms with van der Waals surface area (Å²) in [6.45, 7) is 0.116. The van der Waals surface area contributed by atoms with Crippen LogP contribution in [0.3, 0.4) is 0 Å². The Morgan fingerprint density at radius 3 is 2.24 bits per heavy atom. The lowest BCUT2D eigenvalue weighted by molar-refractivity contribution is 0.283. The van der Waals surface area contributed by atoms with Gasteiger partial charge in [0.25, 0.3) is 0 Å². The monoisotopic (exact) mass is 266 g/mol. The highest BCUT2D eigenvalue weighted by Crippen LogP contribution is 2.45. The fourth-order valence-corrected chi connectivity index (χ4v) is 3.61. The normalized spacial score (nSPS) is 12.7. The van der Waals surface area contributed by atoms with Gasteiger partial charge in [-0.15, -0.1) is 11.3 Å². The number of hydrogen-bond donors (Lipinski definition) is 1. The Hall–Kier alpha value is -0.770. The lowest BCUT2D eigenvalue weighted by atomic mass is 10.1. The highest BCUT2D eigenvalue weighted by atomic mass is 32.3. The molecule has 1 nitrogen and oxygen atoms in total. The van der Waals surface area contributed by atoms with Crippen LogP contribution < -0.4 is 0 Å². The van der Waals surface area contributed by atoms with E-state index in [4.69, 9.17) is 0 Å². The molecule has 0 aliphatic rings. The zero-order chi connectivity index (χ0) is 12.5. The third-order valence-electron chi connectivity index (χ3n) is 2.74. The molecule has 0 radical (unpaired) electrons. The van der Waals surface area contributed by atoms with E-state index in [1.165, 1.54) is 15.3 Å². The second-order valence-electron chi connectivity index (χ2n) is 4.79. The first-order chi connectivity index (χ1) is 8.02. The Balaban J connectivity index is 2.36. The number of hydrogen-bond acceptors (Lipinski definition) is 2. The van der Waals surface area contributed by atoms with Gasteiger partial charge in [0, 0.05) is 4.88 Å². The standard InChI is InChI=1S/C14H18OS2/c1-17(2,3)13-6-4-11(5-7-13)14-12(10-15)8-9-16-14/h4-9,15H,10H2,1-3H3. The molecule has 0 atom stereocenters. The number of aliphatic hydroxyl groups excluding tert-OH is 1. The van der Waals surface area contributed by atoms with Crippen LogP contribution in [0.4, 0.5) is 0 Å². The van der Waals surface area contributed by atoms with Crippen molar-refractivity contribution in [2.24, 2.45) is 0 Å². The minimum absolute atomic E-state index is 0.116. The molecule has 2 rings (SSSR count). The molecule has 0 fully saturated rings. The molecule has 0 saturated heterocycles. The van der Waals surface area contributed by atoms with Gasteiger partial charge in [0.15, 0.2) is 0 Å². The molecule has 1 aromatic carbocycles. The van der Waals surface area contributed by atoms with Gasteiger partial charge in [-0.3, -0.25) is 0 Å². The number of benzene rings is 1. The van der Waals surface area contributed by atoms with Gasteiger partial charge >= 0.3 is 0 Å². The van der Waals surface area contributed by atoms with Crippen LogP contribution >= 0.6 is 21.4 Å². The Kier molecular flexibility index (Phi) is 3.61. The van der Waals surface area contributed by atoms with Crippen LogP contribution in [-0.2, 0) is 6.61 Å². The first-order valence-corrected chi connectivity index (χ1v) is 9.22. The van der Waals surface area contributed by atoms with Gasteiger partial charge in [0.1, 0.15) is 0 Å². The highest BCUT2D eigenvalue weighted by Gasteiger charge is 2.10. The van der Waals surface area contributed by atoms with Gasteiger partial charge in [0.2, 0.25) is 0 Å². The fraction of sp³-hybridized carbons (Fsp3) is 0.286. The molecule has 0 amide bonds. The maximum atomic E-state index is 9.26. The zero-order valence-corrected chi connectivity index (χ0v) is 12.1. The third kappa shape index (κ3) is 2.73. The van der Waals surface area contributed by atoms with Crippen LogP contribution in [-0.4, -0.2) is 23.9 Å². The Morgan fingerprint density at radius 2 is 1.71 bits per heavy atom. The van der Waals surface area contributed by atoms with E-state index in [9.17, 15) is 5.11 Å². The summed E-state index contributed by atoms with van der Waals surface area (Å²) in [5, 5.41) is 11.3. The quantitative estimate of drug-likeness (QED) is 0.891. The van der Waals surface area contributed by atoms with E-state index in [1.807, 2.05) is 11.4 Å². The van der Waals surface area contributed by atoms with Crippen molar-refractivity contribution in [3.63, 3.8) is 0 Å². The van der Waals surface area contributed by atoms with Gasteiger partial charge in [-0.25, -0.2) is 10.0 Å². The molecule has 0 aliphatic carbocycles. The maximum absolute atomic E-state index is 9.26. The second kappa shape index (κ2) is 4.84. The largest absolute Gasteiger partial charge is 0.392 e. The van der Waals surface area contributed by atoms with Crippen molar-refractivity contribution in [3.8, 4) is 10.4 Å². The summed E-state index contributed by atoms with van der Waals surface area (Å²) in [5.41, 5.74) is 2.22. The minimum Gasteiger partial charge on any atom is -0.392 e. The van der Waals surface area contributed by atoms with Gasteiger partial charge < -0.3 is 5.11 Å². The van der Waals surface area contributed by atoms with Crippen LogP contribution in [0.5, 0.6) is 0 Å². The lowest BCUT2D eigenvalue weighted by Crippen LogP contribution is -1.92. The van der Waals surface area contributed by atoms with E-state index < -0.39 is 10.0 Å². The average molecular weight is 266 g/mol. The molecule has 1 N–H and O–H groups in total. The van der Waals surface area contributed by atoms with Gasteiger partial charge in [0.05, 0.1) is 6.61 Å². The molecule has 17 heavy (non-hydrogen) atoms. The topological polar surface area (TPSA) is 20.2 Å². The molecule has 0 unspecified atom stereocenters. The molecule has 92 valence electrons.